The molecule has 1 saturated carbocycles. The number of hydrogen-bond acceptors (Lipinski definition) is 5. The Labute approximate surface area is 174 Å². The molecule has 0 spiro atoms. The number of anilines is 2. The molecule has 6 heteroatoms. The standard InChI is InChI=1S/C24H21FN4O/c1-13-12-30-24-22(28-16-6-5-14(8-16)19-4-2-3-7-27-19)21(25)18-9-17-15(10-26)11-29(13)23(24)20(17)18/h2-4,7,9,11,13-14,16,28H,5-6,8,12H2,1H3. The van der Waals surface area contributed by atoms with E-state index in [9.17, 15) is 5.26 Å². The molecule has 1 aromatic heterocycles. The summed E-state index contributed by atoms with van der Waals surface area (Å²) in [6.45, 7) is 2.51. The molecule has 5 nitrogen and oxygen atoms in total. The number of nitrogens with one attached hydrogen (secondary N) is 1. The van der Waals surface area contributed by atoms with E-state index < -0.39 is 0 Å². The molecule has 4 aliphatic rings. The molecule has 2 aliphatic carbocycles. The van der Waals surface area contributed by atoms with Crippen LogP contribution in [0.3, 0.4) is 0 Å². The Hall–Kier alpha value is -3.33. The quantitative estimate of drug-likeness (QED) is 0.800. The number of nitrogens with zero attached hydrogens (tertiary/aromatic N) is 3. The Morgan fingerprint density at radius 1 is 1.33 bits per heavy atom. The number of halogens is 1. The summed E-state index contributed by atoms with van der Waals surface area (Å²) < 4.78 is 21.6. The predicted octanol–water partition coefficient (Wildman–Crippen LogP) is 4.83. The number of hydrogen-bond donors (Lipinski definition) is 1. The summed E-state index contributed by atoms with van der Waals surface area (Å²) in [6.07, 6.45) is 8.41. The molecule has 6 rings (SSSR count). The highest BCUT2D eigenvalue weighted by atomic mass is 19.1. The molecule has 2 aliphatic heterocycles. The van der Waals surface area contributed by atoms with Gasteiger partial charge in [-0.25, -0.2) is 4.39 Å². The number of benzene rings is 1. The lowest BCUT2D eigenvalue weighted by molar-refractivity contribution is 0.277. The number of ether oxygens (including phenoxy) is 1. The molecule has 1 fully saturated rings. The van der Waals surface area contributed by atoms with Gasteiger partial charge in [0.15, 0.2) is 11.6 Å². The summed E-state index contributed by atoms with van der Waals surface area (Å²) in [5.41, 5.74) is 5.25. The van der Waals surface area contributed by atoms with Gasteiger partial charge in [-0.1, -0.05) is 6.07 Å². The van der Waals surface area contributed by atoms with Crippen molar-refractivity contribution < 1.29 is 9.13 Å². The van der Waals surface area contributed by atoms with Crippen molar-refractivity contribution in [2.75, 3.05) is 16.8 Å². The Balaban J connectivity index is 1.36. The van der Waals surface area contributed by atoms with E-state index in [2.05, 4.69) is 34.3 Å². The van der Waals surface area contributed by atoms with Crippen molar-refractivity contribution in [3.8, 4) is 11.8 Å². The van der Waals surface area contributed by atoms with Crippen LogP contribution in [0.1, 0.15) is 48.9 Å². The van der Waals surface area contributed by atoms with E-state index in [1.165, 1.54) is 0 Å². The second kappa shape index (κ2) is 6.33. The van der Waals surface area contributed by atoms with E-state index in [4.69, 9.17) is 4.74 Å². The smallest absolute Gasteiger partial charge is 0.169 e. The minimum absolute atomic E-state index is 0.0884. The van der Waals surface area contributed by atoms with Gasteiger partial charge in [0, 0.05) is 46.8 Å². The van der Waals surface area contributed by atoms with Crippen LogP contribution in [0.5, 0.6) is 5.75 Å². The normalized spacial score (nSPS) is 25.4. The van der Waals surface area contributed by atoms with Crippen LogP contribution >= 0.6 is 0 Å². The summed E-state index contributed by atoms with van der Waals surface area (Å²) in [4.78, 5) is 6.57. The van der Waals surface area contributed by atoms with Gasteiger partial charge >= 0.3 is 0 Å². The zero-order valence-corrected chi connectivity index (χ0v) is 16.7. The third kappa shape index (κ3) is 2.35. The second-order valence-corrected chi connectivity index (χ2v) is 8.54. The first-order valence-electron chi connectivity index (χ1n) is 10.5. The molecule has 3 heterocycles. The van der Waals surface area contributed by atoms with Crippen LogP contribution in [0, 0.1) is 17.1 Å². The minimum Gasteiger partial charge on any atom is -0.487 e. The lowest BCUT2D eigenvalue weighted by Gasteiger charge is -2.43. The number of nitriles is 1. The van der Waals surface area contributed by atoms with Crippen molar-refractivity contribution in [3.63, 3.8) is 0 Å². The molecule has 2 aromatic rings. The van der Waals surface area contributed by atoms with Crippen LogP contribution in [-0.2, 0) is 0 Å². The van der Waals surface area contributed by atoms with Gasteiger partial charge in [-0.15, -0.1) is 0 Å². The van der Waals surface area contributed by atoms with E-state index >= 15 is 4.39 Å². The van der Waals surface area contributed by atoms with Crippen LogP contribution in [0.15, 0.2) is 36.2 Å². The van der Waals surface area contributed by atoms with Gasteiger partial charge in [-0.3, -0.25) is 4.98 Å². The Bertz CT molecular complexity index is 1160. The third-order valence-electron chi connectivity index (χ3n) is 6.73. The van der Waals surface area contributed by atoms with E-state index in [1.807, 2.05) is 24.5 Å². The van der Waals surface area contributed by atoms with Crippen LogP contribution in [0.4, 0.5) is 15.8 Å². The van der Waals surface area contributed by atoms with Gasteiger partial charge in [-0.2, -0.15) is 5.26 Å². The van der Waals surface area contributed by atoms with Crippen molar-refractivity contribution in [3.05, 3.63) is 58.8 Å². The molecule has 3 atom stereocenters. The van der Waals surface area contributed by atoms with Crippen molar-refractivity contribution in [1.82, 2.24) is 4.98 Å². The summed E-state index contributed by atoms with van der Waals surface area (Å²) >= 11 is 0. The summed E-state index contributed by atoms with van der Waals surface area (Å²) in [5, 5.41) is 13.0. The van der Waals surface area contributed by atoms with Gasteiger partial charge in [0.25, 0.3) is 0 Å². The maximum atomic E-state index is 15.5. The fourth-order valence-corrected chi connectivity index (χ4v) is 5.18. The molecular weight excluding hydrogens is 379 g/mol. The summed E-state index contributed by atoms with van der Waals surface area (Å²) in [7, 11) is 0. The van der Waals surface area contributed by atoms with Gasteiger partial charge in [0.1, 0.15) is 18.4 Å². The first-order valence-corrected chi connectivity index (χ1v) is 10.5. The van der Waals surface area contributed by atoms with Gasteiger partial charge < -0.3 is 15.0 Å². The highest BCUT2D eigenvalue weighted by Crippen LogP contribution is 2.57. The largest absolute Gasteiger partial charge is 0.487 e. The monoisotopic (exact) mass is 400 g/mol. The Kier molecular flexibility index (Phi) is 3.70. The van der Waals surface area contributed by atoms with Crippen molar-refractivity contribution >= 4 is 23.0 Å². The van der Waals surface area contributed by atoms with Gasteiger partial charge in [0.05, 0.1) is 17.3 Å². The number of aromatic nitrogens is 1. The summed E-state index contributed by atoms with van der Waals surface area (Å²) in [6, 6.07) is 8.52. The van der Waals surface area contributed by atoms with Crippen LogP contribution in [0.25, 0.3) is 11.6 Å². The van der Waals surface area contributed by atoms with Crippen molar-refractivity contribution in [2.45, 2.75) is 44.2 Å². The zero-order chi connectivity index (χ0) is 20.4. The van der Waals surface area contributed by atoms with E-state index in [-0.39, 0.29) is 17.9 Å². The minimum atomic E-state index is -0.275. The van der Waals surface area contributed by atoms with Crippen LogP contribution in [0.2, 0.25) is 0 Å². The molecule has 1 N–H and O–H groups in total. The van der Waals surface area contributed by atoms with E-state index in [1.54, 1.807) is 6.08 Å². The molecule has 30 heavy (non-hydrogen) atoms. The number of pyridine rings is 1. The molecule has 0 saturated heterocycles. The predicted molar refractivity (Wildman–Crippen MR) is 114 cm³/mol. The SMILES string of the molecule is CC1COc2c(NC3CCC(c4ccccn4)C3)c(F)c3c4c2N1C=C(C#N)C4=C3. The topological polar surface area (TPSA) is 61.2 Å². The molecule has 0 radical (unpaired) electrons. The second-order valence-electron chi connectivity index (χ2n) is 8.54. The maximum absolute atomic E-state index is 15.5. The number of rotatable bonds is 3. The van der Waals surface area contributed by atoms with E-state index in [0.717, 1.165) is 41.8 Å². The fourth-order valence-electron chi connectivity index (χ4n) is 5.18. The lowest BCUT2D eigenvalue weighted by atomic mass is 9.79. The maximum Gasteiger partial charge on any atom is 0.169 e. The average Bonchev–Trinajstić information content (AvgIpc) is 3.21. The highest BCUT2D eigenvalue weighted by molar-refractivity contribution is 6.13. The average molecular weight is 400 g/mol. The first-order chi connectivity index (χ1) is 14.7. The van der Waals surface area contributed by atoms with Crippen molar-refractivity contribution in [1.29, 1.82) is 5.26 Å². The zero-order valence-electron chi connectivity index (χ0n) is 16.7. The van der Waals surface area contributed by atoms with Crippen LogP contribution < -0.4 is 15.0 Å². The lowest BCUT2D eigenvalue weighted by Crippen LogP contribution is -2.41. The summed E-state index contributed by atoms with van der Waals surface area (Å²) in [5.74, 6) is 0.685. The first kappa shape index (κ1) is 17.5. The molecule has 0 amide bonds. The Morgan fingerprint density at radius 2 is 2.23 bits per heavy atom. The van der Waals surface area contributed by atoms with Crippen molar-refractivity contribution in [2.24, 2.45) is 0 Å². The highest BCUT2D eigenvalue weighted by Gasteiger charge is 2.42. The number of allylic oxidation sites excluding steroid dienone is 2. The molecule has 150 valence electrons. The van der Waals surface area contributed by atoms with E-state index in [0.29, 0.717) is 35.1 Å². The van der Waals surface area contributed by atoms with Gasteiger partial charge in [0.2, 0.25) is 0 Å². The molecule has 3 unspecified atom stereocenters. The molecular formula is C24H21FN4O. The van der Waals surface area contributed by atoms with Gasteiger partial charge in [-0.05, 0) is 44.4 Å². The third-order valence-corrected chi connectivity index (χ3v) is 6.73. The fraction of sp³-hybridized carbons (Fsp3) is 0.333. The molecule has 1 aromatic carbocycles. The van der Waals surface area contributed by atoms with Crippen LogP contribution in [-0.4, -0.2) is 23.7 Å². The Morgan fingerprint density at radius 3 is 3.03 bits per heavy atom. The molecule has 0 bridgehead atoms.